The summed E-state index contributed by atoms with van der Waals surface area (Å²) in [6.45, 7) is 2.26. The molecule has 1 amide bonds. The highest BCUT2D eigenvalue weighted by molar-refractivity contribution is 9.10. The van der Waals surface area contributed by atoms with Crippen LogP contribution in [0.25, 0.3) is 11.0 Å². The zero-order valence-electron chi connectivity index (χ0n) is 15.1. The molecule has 1 aliphatic rings. The molecule has 0 aliphatic carbocycles. The normalized spacial score (nSPS) is 15.9. The molecule has 0 saturated heterocycles. The number of carbonyl (C=O) groups is 1. The van der Waals surface area contributed by atoms with Gasteiger partial charge < -0.3 is 19.2 Å². The standard InChI is InChI=1S/C21H18BrNO5/c1-2-27-14-5-3-4-12(10-14)18-17-19(25)15-11-13(22)6-7-16(15)28-20(17)21(26)23(18)8-9-24/h3-7,10-11,18,24H,2,8-9H2,1H3. The van der Waals surface area contributed by atoms with Crippen LogP contribution in [-0.4, -0.2) is 35.7 Å². The van der Waals surface area contributed by atoms with Crippen LogP contribution in [0.5, 0.6) is 5.75 Å². The maximum Gasteiger partial charge on any atom is 0.290 e. The third-order valence-electron chi connectivity index (χ3n) is 4.75. The Bertz CT molecular complexity index is 1120. The topological polar surface area (TPSA) is 80.0 Å². The van der Waals surface area contributed by atoms with E-state index in [0.29, 0.717) is 23.3 Å². The fraction of sp³-hybridized carbons (Fsp3) is 0.238. The number of rotatable bonds is 5. The molecule has 4 rings (SSSR count). The highest BCUT2D eigenvalue weighted by Crippen LogP contribution is 2.39. The Morgan fingerprint density at radius 3 is 2.79 bits per heavy atom. The van der Waals surface area contributed by atoms with Crippen molar-refractivity contribution < 1.29 is 19.1 Å². The van der Waals surface area contributed by atoms with Crippen molar-refractivity contribution in [2.24, 2.45) is 0 Å². The Kier molecular flexibility index (Phi) is 4.95. The lowest BCUT2D eigenvalue weighted by atomic mass is 9.98. The van der Waals surface area contributed by atoms with Gasteiger partial charge in [0.1, 0.15) is 11.3 Å². The van der Waals surface area contributed by atoms with Crippen molar-refractivity contribution in [3.8, 4) is 5.75 Å². The first kappa shape index (κ1) is 18.7. The summed E-state index contributed by atoms with van der Waals surface area (Å²) < 4.78 is 12.2. The second-order valence-corrected chi connectivity index (χ2v) is 7.36. The van der Waals surface area contributed by atoms with Crippen molar-refractivity contribution in [3.05, 3.63) is 74.0 Å². The van der Waals surface area contributed by atoms with Crippen LogP contribution in [0.15, 0.2) is 56.1 Å². The lowest BCUT2D eigenvalue weighted by Gasteiger charge is -2.24. The molecule has 1 atom stereocenters. The van der Waals surface area contributed by atoms with E-state index in [1.807, 2.05) is 31.2 Å². The molecule has 7 heteroatoms. The summed E-state index contributed by atoms with van der Waals surface area (Å²) in [6, 6.07) is 11.7. The van der Waals surface area contributed by atoms with Gasteiger partial charge in [-0.15, -0.1) is 0 Å². The van der Waals surface area contributed by atoms with Crippen molar-refractivity contribution in [1.82, 2.24) is 4.90 Å². The number of β-amino-alcohol motifs (C(OH)–C–C–N with tert-alkyl or cyclic N) is 1. The molecule has 1 unspecified atom stereocenters. The minimum Gasteiger partial charge on any atom is -0.494 e. The average Bonchev–Trinajstić information content (AvgIpc) is 2.96. The minimum atomic E-state index is -0.644. The van der Waals surface area contributed by atoms with E-state index in [2.05, 4.69) is 15.9 Å². The Hall–Kier alpha value is -2.64. The molecule has 6 nitrogen and oxygen atoms in total. The number of nitrogens with zero attached hydrogens (tertiary/aromatic N) is 1. The van der Waals surface area contributed by atoms with Gasteiger partial charge in [0.15, 0.2) is 5.43 Å². The minimum absolute atomic E-state index is 0.0279. The summed E-state index contributed by atoms with van der Waals surface area (Å²) in [4.78, 5) is 27.8. The van der Waals surface area contributed by atoms with Crippen LogP contribution in [-0.2, 0) is 0 Å². The SMILES string of the molecule is CCOc1cccc(C2c3c(oc4ccc(Br)cc4c3=O)C(=O)N2CCO)c1. The summed E-state index contributed by atoms with van der Waals surface area (Å²) in [6.07, 6.45) is 0. The number of amides is 1. The lowest BCUT2D eigenvalue weighted by Crippen LogP contribution is -2.32. The zero-order chi connectivity index (χ0) is 19.8. The monoisotopic (exact) mass is 443 g/mol. The number of ether oxygens (including phenoxy) is 1. The van der Waals surface area contributed by atoms with Gasteiger partial charge in [0.25, 0.3) is 5.91 Å². The number of fused-ring (bicyclic) bond motifs is 2. The fourth-order valence-electron chi connectivity index (χ4n) is 3.62. The van der Waals surface area contributed by atoms with Gasteiger partial charge >= 0.3 is 0 Å². The Balaban J connectivity index is 1.97. The highest BCUT2D eigenvalue weighted by Gasteiger charge is 2.42. The number of benzene rings is 2. The van der Waals surface area contributed by atoms with Gasteiger partial charge in [0.05, 0.1) is 30.2 Å². The summed E-state index contributed by atoms with van der Waals surface area (Å²) in [5, 5.41) is 9.89. The largest absolute Gasteiger partial charge is 0.494 e. The lowest BCUT2D eigenvalue weighted by molar-refractivity contribution is 0.0691. The predicted molar refractivity (Wildman–Crippen MR) is 108 cm³/mol. The number of hydrogen-bond acceptors (Lipinski definition) is 5. The van der Waals surface area contributed by atoms with E-state index in [4.69, 9.17) is 9.15 Å². The van der Waals surface area contributed by atoms with E-state index in [0.717, 1.165) is 10.0 Å². The van der Waals surface area contributed by atoms with Crippen LogP contribution in [0.1, 0.15) is 34.6 Å². The maximum atomic E-state index is 13.3. The molecule has 1 aromatic heterocycles. The maximum absolute atomic E-state index is 13.3. The van der Waals surface area contributed by atoms with Gasteiger partial charge in [-0.25, -0.2) is 0 Å². The van der Waals surface area contributed by atoms with Crippen molar-refractivity contribution in [2.75, 3.05) is 19.8 Å². The molecule has 2 aromatic carbocycles. The van der Waals surface area contributed by atoms with Crippen LogP contribution in [0.4, 0.5) is 0 Å². The highest BCUT2D eigenvalue weighted by atomic mass is 79.9. The third-order valence-corrected chi connectivity index (χ3v) is 5.25. The van der Waals surface area contributed by atoms with E-state index in [1.54, 1.807) is 18.2 Å². The van der Waals surface area contributed by atoms with E-state index in [1.165, 1.54) is 4.90 Å². The van der Waals surface area contributed by atoms with Gasteiger partial charge in [0, 0.05) is 11.0 Å². The van der Waals surface area contributed by atoms with Crippen LogP contribution < -0.4 is 10.2 Å². The molecule has 144 valence electrons. The first-order valence-electron chi connectivity index (χ1n) is 8.96. The van der Waals surface area contributed by atoms with Gasteiger partial charge in [-0.3, -0.25) is 9.59 Å². The summed E-state index contributed by atoms with van der Waals surface area (Å²) in [5.41, 5.74) is 1.12. The van der Waals surface area contributed by atoms with E-state index < -0.39 is 11.9 Å². The van der Waals surface area contributed by atoms with Gasteiger partial charge in [-0.1, -0.05) is 28.1 Å². The number of aliphatic hydroxyl groups is 1. The number of halogens is 1. The van der Waals surface area contributed by atoms with Crippen molar-refractivity contribution in [2.45, 2.75) is 13.0 Å². The molecular weight excluding hydrogens is 426 g/mol. The second kappa shape index (κ2) is 7.41. The molecule has 0 bridgehead atoms. The van der Waals surface area contributed by atoms with Gasteiger partial charge in [-0.05, 0) is 42.8 Å². The summed E-state index contributed by atoms with van der Waals surface area (Å²) in [7, 11) is 0. The van der Waals surface area contributed by atoms with Gasteiger partial charge in [0.2, 0.25) is 5.76 Å². The van der Waals surface area contributed by atoms with Crippen LogP contribution >= 0.6 is 15.9 Å². The number of carbonyl (C=O) groups excluding carboxylic acids is 1. The van der Waals surface area contributed by atoms with E-state index >= 15 is 0 Å². The summed E-state index contributed by atoms with van der Waals surface area (Å²) >= 11 is 3.38. The molecule has 3 aromatic rings. The van der Waals surface area contributed by atoms with E-state index in [9.17, 15) is 14.7 Å². The smallest absolute Gasteiger partial charge is 0.290 e. The molecule has 0 spiro atoms. The van der Waals surface area contributed by atoms with Gasteiger partial charge in [-0.2, -0.15) is 0 Å². The molecule has 0 radical (unpaired) electrons. The second-order valence-electron chi connectivity index (χ2n) is 6.44. The molecule has 28 heavy (non-hydrogen) atoms. The Morgan fingerprint density at radius 2 is 2.04 bits per heavy atom. The van der Waals surface area contributed by atoms with Crippen LogP contribution in [0, 0.1) is 0 Å². The molecule has 1 aliphatic heterocycles. The summed E-state index contributed by atoms with van der Waals surface area (Å²) in [5.74, 6) is 0.274. The number of hydrogen-bond donors (Lipinski definition) is 1. The first-order valence-corrected chi connectivity index (χ1v) is 9.75. The molecule has 0 saturated carbocycles. The predicted octanol–water partition coefficient (Wildman–Crippen LogP) is 3.49. The van der Waals surface area contributed by atoms with E-state index in [-0.39, 0.29) is 29.9 Å². The molecular formula is C21H18BrNO5. The van der Waals surface area contributed by atoms with Crippen LogP contribution in [0.3, 0.4) is 0 Å². The Labute approximate surface area is 169 Å². The van der Waals surface area contributed by atoms with Crippen molar-refractivity contribution >= 4 is 32.8 Å². The molecule has 0 fully saturated rings. The van der Waals surface area contributed by atoms with Crippen molar-refractivity contribution in [1.29, 1.82) is 0 Å². The fourth-order valence-corrected chi connectivity index (χ4v) is 3.98. The number of aliphatic hydroxyl groups excluding tert-OH is 1. The first-order chi connectivity index (χ1) is 13.5. The average molecular weight is 444 g/mol. The molecule has 2 heterocycles. The molecule has 1 N–H and O–H groups in total. The zero-order valence-corrected chi connectivity index (χ0v) is 16.7. The third kappa shape index (κ3) is 3.00. The van der Waals surface area contributed by atoms with Crippen LogP contribution in [0.2, 0.25) is 0 Å². The quantitative estimate of drug-likeness (QED) is 0.652. The Morgan fingerprint density at radius 1 is 1.21 bits per heavy atom. The van der Waals surface area contributed by atoms with Crippen molar-refractivity contribution in [3.63, 3.8) is 0 Å².